The summed E-state index contributed by atoms with van der Waals surface area (Å²) in [7, 11) is 0. The third-order valence-corrected chi connectivity index (χ3v) is 2.80. The summed E-state index contributed by atoms with van der Waals surface area (Å²) in [6, 6.07) is 3.81. The zero-order chi connectivity index (χ0) is 10.7. The first-order valence-corrected chi connectivity index (χ1v) is 5.43. The molecule has 0 bridgehead atoms. The number of furan rings is 1. The molecule has 0 unspecified atom stereocenters. The lowest BCUT2D eigenvalue weighted by Gasteiger charge is -2.17. The zero-order valence-electron chi connectivity index (χ0n) is 8.38. The first-order valence-electron chi connectivity index (χ1n) is 4.66. The van der Waals surface area contributed by atoms with E-state index in [1.807, 2.05) is 12.1 Å². The highest BCUT2D eigenvalue weighted by Crippen LogP contribution is 2.20. The highest BCUT2D eigenvalue weighted by molar-refractivity contribution is 7.09. The minimum atomic E-state index is 0.327. The lowest BCUT2D eigenvalue weighted by Crippen LogP contribution is -2.21. The van der Waals surface area contributed by atoms with E-state index in [2.05, 4.69) is 21.2 Å². The average molecular weight is 224 g/mol. The molecule has 0 aliphatic carbocycles. The van der Waals surface area contributed by atoms with Crippen molar-refractivity contribution in [1.29, 1.82) is 0 Å². The molecule has 2 N–H and O–H groups in total. The molecule has 0 saturated heterocycles. The van der Waals surface area contributed by atoms with E-state index in [0.29, 0.717) is 12.5 Å². The zero-order valence-corrected chi connectivity index (χ0v) is 9.20. The number of hydrogen-bond donors (Lipinski definition) is 1. The van der Waals surface area contributed by atoms with E-state index >= 15 is 0 Å². The van der Waals surface area contributed by atoms with E-state index in [1.54, 1.807) is 6.26 Å². The first kappa shape index (κ1) is 9.97. The maximum Gasteiger partial charge on any atom is 0.233 e. The van der Waals surface area contributed by atoms with Gasteiger partial charge in [-0.05, 0) is 19.1 Å². The van der Waals surface area contributed by atoms with Crippen molar-refractivity contribution in [2.45, 2.75) is 13.5 Å². The molecule has 2 aromatic heterocycles. The summed E-state index contributed by atoms with van der Waals surface area (Å²) in [5.74, 6) is 1.23. The predicted octanol–water partition coefficient (Wildman–Crippen LogP) is 1.74. The molecule has 0 aliphatic heterocycles. The molecule has 0 aliphatic rings. The van der Waals surface area contributed by atoms with Gasteiger partial charge in [-0.3, -0.25) is 0 Å². The van der Waals surface area contributed by atoms with Gasteiger partial charge in [-0.15, -0.1) is 0 Å². The molecular formula is C9H12N4OS. The van der Waals surface area contributed by atoms with Crippen LogP contribution in [0.25, 0.3) is 0 Å². The Morgan fingerprint density at radius 3 is 3.00 bits per heavy atom. The van der Waals surface area contributed by atoms with Crippen LogP contribution in [0.3, 0.4) is 0 Å². The Kier molecular flexibility index (Phi) is 2.86. The van der Waals surface area contributed by atoms with Gasteiger partial charge in [-0.1, -0.05) is 0 Å². The Bertz CT molecular complexity index is 411. The predicted molar refractivity (Wildman–Crippen MR) is 59.8 cm³/mol. The number of rotatable bonds is 4. The van der Waals surface area contributed by atoms with Crippen molar-refractivity contribution in [3.05, 3.63) is 24.2 Å². The summed E-state index contributed by atoms with van der Waals surface area (Å²) in [5, 5.41) is 0.825. The van der Waals surface area contributed by atoms with Crippen LogP contribution in [0.1, 0.15) is 12.7 Å². The van der Waals surface area contributed by atoms with E-state index < -0.39 is 0 Å². The van der Waals surface area contributed by atoms with Gasteiger partial charge in [-0.2, -0.15) is 9.36 Å². The van der Waals surface area contributed by atoms with Gasteiger partial charge in [0.2, 0.25) is 11.1 Å². The molecule has 0 aromatic carbocycles. The van der Waals surface area contributed by atoms with Crippen molar-refractivity contribution in [3.63, 3.8) is 0 Å². The molecule has 0 atom stereocenters. The fourth-order valence-corrected chi connectivity index (χ4v) is 1.92. The molecule has 6 heteroatoms. The lowest BCUT2D eigenvalue weighted by atomic mass is 10.4. The maximum atomic E-state index is 5.48. The van der Waals surface area contributed by atoms with Crippen LogP contribution in [0.4, 0.5) is 11.1 Å². The van der Waals surface area contributed by atoms with E-state index in [1.165, 1.54) is 11.5 Å². The molecule has 80 valence electrons. The first-order chi connectivity index (χ1) is 7.29. The van der Waals surface area contributed by atoms with E-state index in [-0.39, 0.29) is 0 Å². The van der Waals surface area contributed by atoms with Gasteiger partial charge in [0.15, 0.2) is 0 Å². The summed E-state index contributed by atoms with van der Waals surface area (Å²) >= 11 is 1.30. The fraction of sp³-hybridized carbons (Fsp3) is 0.333. The molecule has 5 nitrogen and oxygen atoms in total. The van der Waals surface area contributed by atoms with Gasteiger partial charge in [0.1, 0.15) is 5.76 Å². The normalized spacial score (nSPS) is 10.5. The number of anilines is 2. The number of nitrogens with two attached hydrogens (primary N) is 1. The summed E-state index contributed by atoms with van der Waals surface area (Å²) in [6.45, 7) is 3.59. The summed E-state index contributed by atoms with van der Waals surface area (Å²) in [5.41, 5.74) is 5.48. The molecule has 0 fully saturated rings. The highest BCUT2D eigenvalue weighted by atomic mass is 32.1. The molecule has 0 amide bonds. The Morgan fingerprint density at radius 1 is 1.60 bits per heavy atom. The molecule has 15 heavy (non-hydrogen) atoms. The summed E-state index contributed by atoms with van der Waals surface area (Å²) in [4.78, 5) is 6.19. The fourth-order valence-electron chi connectivity index (χ4n) is 1.26. The minimum Gasteiger partial charge on any atom is -0.467 e. The smallest absolute Gasteiger partial charge is 0.233 e. The number of nitrogens with zero attached hydrogens (tertiary/aromatic N) is 3. The lowest BCUT2D eigenvalue weighted by molar-refractivity contribution is 0.503. The molecule has 2 aromatic rings. The monoisotopic (exact) mass is 224 g/mol. The molecule has 0 spiro atoms. The van der Waals surface area contributed by atoms with E-state index in [0.717, 1.165) is 17.4 Å². The van der Waals surface area contributed by atoms with E-state index in [4.69, 9.17) is 10.2 Å². The van der Waals surface area contributed by atoms with Crippen molar-refractivity contribution >= 4 is 22.6 Å². The van der Waals surface area contributed by atoms with Crippen LogP contribution in [0, 0.1) is 0 Å². The Hall–Kier alpha value is -1.56. The largest absolute Gasteiger partial charge is 0.467 e. The standard InChI is InChI=1S/C9H12N4OS/c1-2-13(6-7-4-3-5-14-7)9-11-8(10)12-15-9/h3-5H,2,6H2,1H3,(H2,10,12). The number of nitrogen functional groups attached to an aromatic ring is 1. The summed E-state index contributed by atoms with van der Waals surface area (Å²) < 4.78 is 9.23. The maximum absolute atomic E-state index is 5.48. The van der Waals surface area contributed by atoms with E-state index in [9.17, 15) is 0 Å². The van der Waals surface area contributed by atoms with Crippen molar-refractivity contribution in [3.8, 4) is 0 Å². The second-order valence-corrected chi connectivity index (χ2v) is 3.76. The van der Waals surface area contributed by atoms with Crippen molar-refractivity contribution < 1.29 is 4.42 Å². The third kappa shape index (κ3) is 2.27. The molecule has 2 heterocycles. The topological polar surface area (TPSA) is 68.2 Å². The van der Waals surface area contributed by atoms with Crippen LogP contribution in [0.2, 0.25) is 0 Å². The molecular weight excluding hydrogens is 212 g/mol. The van der Waals surface area contributed by atoms with Gasteiger partial charge in [0.05, 0.1) is 12.8 Å². The second-order valence-electron chi connectivity index (χ2n) is 3.03. The van der Waals surface area contributed by atoms with Crippen LogP contribution in [-0.4, -0.2) is 15.9 Å². The van der Waals surface area contributed by atoms with Crippen molar-refractivity contribution in [2.75, 3.05) is 17.2 Å². The molecule has 0 radical (unpaired) electrons. The van der Waals surface area contributed by atoms with Gasteiger partial charge in [0, 0.05) is 18.1 Å². The SMILES string of the molecule is CCN(Cc1ccco1)c1nc(N)ns1. The Morgan fingerprint density at radius 2 is 2.47 bits per heavy atom. The molecule has 0 saturated carbocycles. The minimum absolute atomic E-state index is 0.327. The Labute approximate surface area is 91.7 Å². The van der Waals surface area contributed by atoms with Gasteiger partial charge in [0.25, 0.3) is 0 Å². The second kappa shape index (κ2) is 4.31. The van der Waals surface area contributed by atoms with Crippen LogP contribution < -0.4 is 10.6 Å². The van der Waals surface area contributed by atoms with Crippen molar-refractivity contribution in [2.24, 2.45) is 0 Å². The van der Waals surface area contributed by atoms with Crippen LogP contribution >= 0.6 is 11.5 Å². The average Bonchev–Trinajstić information content (AvgIpc) is 2.85. The number of hydrogen-bond acceptors (Lipinski definition) is 6. The van der Waals surface area contributed by atoms with Crippen LogP contribution in [-0.2, 0) is 6.54 Å². The van der Waals surface area contributed by atoms with Crippen LogP contribution in [0.15, 0.2) is 22.8 Å². The Balaban J connectivity index is 2.11. The molecule has 2 rings (SSSR count). The van der Waals surface area contributed by atoms with Gasteiger partial charge < -0.3 is 15.1 Å². The number of aromatic nitrogens is 2. The highest BCUT2D eigenvalue weighted by Gasteiger charge is 2.11. The van der Waals surface area contributed by atoms with Gasteiger partial charge in [-0.25, -0.2) is 0 Å². The quantitative estimate of drug-likeness (QED) is 0.856. The third-order valence-electron chi connectivity index (χ3n) is 2.01. The van der Waals surface area contributed by atoms with Gasteiger partial charge >= 0.3 is 0 Å². The van der Waals surface area contributed by atoms with Crippen molar-refractivity contribution in [1.82, 2.24) is 9.36 Å². The van der Waals surface area contributed by atoms with Crippen LogP contribution in [0.5, 0.6) is 0 Å². The summed E-state index contributed by atoms with van der Waals surface area (Å²) in [6.07, 6.45) is 1.66.